The molecule has 2 aromatic rings. The molecule has 1 aliphatic heterocycles. The maximum absolute atomic E-state index is 12.4. The highest BCUT2D eigenvalue weighted by Crippen LogP contribution is 2.23. The molecule has 25 heavy (non-hydrogen) atoms. The number of para-hydroxylation sites is 2. The van der Waals surface area contributed by atoms with Gasteiger partial charge in [0.1, 0.15) is 5.82 Å². The van der Waals surface area contributed by atoms with Gasteiger partial charge in [-0.15, -0.1) is 0 Å². The van der Waals surface area contributed by atoms with Crippen LogP contribution in [-0.2, 0) is 11.3 Å². The van der Waals surface area contributed by atoms with Crippen LogP contribution >= 0.6 is 0 Å². The van der Waals surface area contributed by atoms with E-state index in [1.807, 2.05) is 30.0 Å². The summed E-state index contributed by atoms with van der Waals surface area (Å²) in [6, 6.07) is 8.07. The van der Waals surface area contributed by atoms with Gasteiger partial charge < -0.3 is 19.9 Å². The number of carboxylic acids is 1. The molecule has 1 aromatic carbocycles. The van der Waals surface area contributed by atoms with Gasteiger partial charge in [0.25, 0.3) is 0 Å². The molecule has 134 valence electrons. The van der Waals surface area contributed by atoms with Crippen molar-refractivity contribution in [3.63, 3.8) is 0 Å². The zero-order valence-corrected chi connectivity index (χ0v) is 14.4. The Hall–Kier alpha value is -2.57. The summed E-state index contributed by atoms with van der Waals surface area (Å²) in [5, 5.41) is 11.5. The monoisotopic (exact) mass is 344 g/mol. The summed E-state index contributed by atoms with van der Waals surface area (Å²) in [4.78, 5) is 29.4. The fourth-order valence-electron chi connectivity index (χ4n) is 3.47. The number of aryl methyl sites for hydroxylation is 1. The lowest BCUT2D eigenvalue weighted by atomic mass is 10.2. The Balaban J connectivity index is 1.64. The summed E-state index contributed by atoms with van der Waals surface area (Å²) in [6.07, 6.45) is 2.47. The minimum atomic E-state index is -0.837. The summed E-state index contributed by atoms with van der Waals surface area (Å²) in [7, 11) is 0. The van der Waals surface area contributed by atoms with E-state index < -0.39 is 5.97 Å². The number of rotatable bonds is 6. The van der Waals surface area contributed by atoms with Gasteiger partial charge in [-0.2, -0.15) is 0 Å². The van der Waals surface area contributed by atoms with Gasteiger partial charge in [0, 0.05) is 26.1 Å². The van der Waals surface area contributed by atoms with Crippen LogP contribution in [0.4, 0.5) is 4.79 Å². The average molecular weight is 344 g/mol. The maximum atomic E-state index is 12.4. The molecule has 7 nitrogen and oxygen atoms in total. The highest BCUT2D eigenvalue weighted by molar-refractivity contribution is 5.76. The standard InChI is InChI=1S/C18H24N4O3/c1-13-20-15-7-2-3-8-16(15)22(13)12-14-6-5-11-21(14)18(25)19-10-4-9-17(23)24/h2-3,7-8,14H,4-6,9-12H2,1H3,(H,19,25)(H,23,24). The number of likely N-dealkylation sites (tertiary alicyclic amines) is 1. The summed E-state index contributed by atoms with van der Waals surface area (Å²) in [5.74, 6) is 0.116. The Kier molecular flexibility index (Phi) is 5.21. The fraction of sp³-hybridized carbons (Fsp3) is 0.500. The lowest BCUT2D eigenvalue weighted by Crippen LogP contribution is -2.44. The van der Waals surface area contributed by atoms with Crippen molar-refractivity contribution in [1.82, 2.24) is 19.8 Å². The van der Waals surface area contributed by atoms with E-state index in [4.69, 9.17) is 5.11 Å². The number of carboxylic acid groups (broad SMARTS) is 1. The number of carbonyl (C=O) groups is 2. The molecule has 0 aliphatic carbocycles. The largest absolute Gasteiger partial charge is 0.481 e. The van der Waals surface area contributed by atoms with Crippen LogP contribution in [0.3, 0.4) is 0 Å². The van der Waals surface area contributed by atoms with Crippen molar-refractivity contribution in [2.45, 2.75) is 45.2 Å². The van der Waals surface area contributed by atoms with Gasteiger partial charge in [-0.05, 0) is 38.3 Å². The number of amides is 2. The van der Waals surface area contributed by atoms with Crippen molar-refractivity contribution < 1.29 is 14.7 Å². The first kappa shape index (κ1) is 17.3. The molecule has 1 atom stereocenters. The Labute approximate surface area is 146 Å². The molecule has 1 unspecified atom stereocenters. The topological polar surface area (TPSA) is 87.5 Å². The third-order valence-corrected chi connectivity index (χ3v) is 4.72. The van der Waals surface area contributed by atoms with Crippen molar-refractivity contribution >= 4 is 23.0 Å². The molecule has 7 heteroatoms. The van der Waals surface area contributed by atoms with E-state index in [-0.39, 0.29) is 18.5 Å². The summed E-state index contributed by atoms with van der Waals surface area (Å²) < 4.78 is 2.18. The van der Waals surface area contributed by atoms with Gasteiger partial charge in [0.05, 0.1) is 17.1 Å². The van der Waals surface area contributed by atoms with Crippen molar-refractivity contribution in [3.8, 4) is 0 Å². The van der Waals surface area contributed by atoms with E-state index in [2.05, 4.69) is 20.9 Å². The molecular formula is C18H24N4O3. The average Bonchev–Trinajstić information content (AvgIpc) is 3.17. The van der Waals surface area contributed by atoms with Crippen LogP contribution in [0.25, 0.3) is 11.0 Å². The van der Waals surface area contributed by atoms with E-state index in [0.29, 0.717) is 13.0 Å². The van der Waals surface area contributed by atoms with Gasteiger partial charge in [-0.1, -0.05) is 12.1 Å². The molecule has 2 amide bonds. The molecule has 1 fully saturated rings. The number of fused-ring (bicyclic) bond motifs is 1. The third-order valence-electron chi connectivity index (χ3n) is 4.72. The Morgan fingerprint density at radius 1 is 1.36 bits per heavy atom. The van der Waals surface area contributed by atoms with E-state index in [1.165, 1.54) is 0 Å². The molecule has 1 saturated heterocycles. The molecule has 0 radical (unpaired) electrons. The van der Waals surface area contributed by atoms with Crippen LogP contribution in [0.1, 0.15) is 31.5 Å². The highest BCUT2D eigenvalue weighted by atomic mass is 16.4. The van der Waals surface area contributed by atoms with E-state index in [0.717, 1.165) is 42.8 Å². The van der Waals surface area contributed by atoms with Crippen molar-refractivity contribution in [2.24, 2.45) is 0 Å². The summed E-state index contributed by atoms with van der Waals surface area (Å²) in [6.45, 7) is 3.85. The number of aliphatic carboxylic acids is 1. The zero-order valence-electron chi connectivity index (χ0n) is 14.4. The first-order valence-electron chi connectivity index (χ1n) is 8.74. The number of benzene rings is 1. The third kappa shape index (κ3) is 3.92. The molecule has 0 spiro atoms. The first-order valence-corrected chi connectivity index (χ1v) is 8.74. The van der Waals surface area contributed by atoms with Crippen LogP contribution in [0.15, 0.2) is 24.3 Å². The minimum absolute atomic E-state index is 0.0733. The van der Waals surface area contributed by atoms with Crippen LogP contribution in [0.5, 0.6) is 0 Å². The van der Waals surface area contributed by atoms with Crippen LogP contribution in [-0.4, -0.2) is 50.7 Å². The zero-order chi connectivity index (χ0) is 17.8. The molecule has 0 saturated carbocycles. The van der Waals surface area contributed by atoms with Gasteiger partial charge in [0.2, 0.25) is 0 Å². The molecule has 1 aliphatic rings. The number of imidazole rings is 1. The molecule has 0 bridgehead atoms. The van der Waals surface area contributed by atoms with Gasteiger partial charge in [0.15, 0.2) is 0 Å². The Morgan fingerprint density at radius 3 is 2.96 bits per heavy atom. The van der Waals surface area contributed by atoms with Gasteiger partial charge in [-0.3, -0.25) is 4.79 Å². The SMILES string of the molecule is Cc1nc2ccccc2n1CC1CCCN1C(=O)NCCCC(=O)O. The normalized spacial score (nSPS) is 17.2. The van der Waals surface area contributed by atoms with E-state index in [9.17, 15) is 9.59 Å². The second kappa shape index (κ2) is 7.55. The van der Waals surface area contributed by atoms with E-state index >= 15 is 0 Å². The number of urea groups is 1. The molecule has 1 aromatic heterocycles. The predicted molar refractivity (Wildman–Crippen MR) is 94.5 cm³/mol. The number of hydrogen-bond donors (Lipinski definition) is 2. The van der Waals surface area contributed by atoms with Crippen LogP contribution in [0.2, 0.25) is 0 Å². The van der Waals surface area contributed by atoms with Crippen molar-refractivity contribution in [3.05, 3.63) is 30.1 Å². The van der Waals surface area contributed by atoms with Crippen molar-refractivity contribution in [2.75, 3.05) is 13.1 Å². The second-order valence-electron chi connectivity index (χ2n) is 6.48. The number of carbonyl (C=O) groups excluding carboxylic acids is 1. The lowest BCUT2D eigenvalue weighted by molar-refractivity contribution is -0.137. The molecule has 3 rings (SSSR count). The quantitative estimate of drug-likeness (QED) is 0.788. The number of hydrogen-bond acceptors (Lipinski definition) is 3. The van der Waals surface area contributed by atoms with Gasteiger partial charge in [-0.25, -0.2) is 9.78 Å². The van der Waals surface area contributed by atoms with Crippen LogP contribution < -0.4 is 5.32 Å². The first-order chi connectivity index (χ1) is 12.1. The Morgan fingerprint density at radius 2 is 2.16 bits per heavy atom. The van der Waals surface area contributed by atoms with Crippen molar-refractivity contribution in [1.29, 1.82) is 0 Å². The predicted octanol–water partition coefficient (Wildman–Crippen LogP) is 2.38. The fourth-order valence-corrected chi connectivity index (χ4v) is 3.47. The number of nitrogens with one attached hydrogen (secondary N) is 1. The minimum Gasteiger partial charge on any atom is -0.481 e. The molecule has 2 N–H and O–H groups in total. The number of aromatic nitrogens is 2. The molecule has 2 heterocycles. The van der Waals surface area contributed by atoms with E-state index in [1.54, 1.807) is 0 Å². The number of nitrogens with zero attached hydrogens (tertiary/aromatic N) is 3. The summed E-state index contributed by atoms with van der Waals surface area (Å²) in [5.41, 5.74) is 2.07. The highest BCUT2D eigenvalue weighted by Gasteiger charge is 2.29. The summed E-state index contributed by atoms with van der Waals surface area (Å²) >= 11 is 0. The van der Waals surface area contributed by atoms with Crippen LogP contribution in [0, 0.1) is 6.92 Å². The maximum Gasteiger partial charge on any atom is 0.317 e. The van der Waals surface area contributed by atoms with Gasteiger partial charge >= 0.3 is 12.0 Å². The molecular weight excluding hydrogens is 320 g/mol. The Bertz CT molecular complexity index is 771. The second-order valence-corrected chi connectivity index (χ2v) is 6.48. The lowest BCUT2D eigenvalue weighted by Gasteiger charge is -2.26. The smallest absolute Gasteiger partial charge is 0.317 e.